The quantitative estimate of drug-likeness (QED) is 0.282. The predicted molar refractivity (Wildman–Crippen MR) is 124 cm³/mol. The van der Waals surface area contributed by atoms with E-state index in [1.807, 2.05) is 0 Å². The number of unbranched alkanes of at least 4 members (excludes halogenated alkanes) is 1. The molecule has 4 nitrogen and oxygen atoms in total. The van der Waals surface area contributed by atoms with Crippen LogP contribution in [0.3, 0.4) is 0 Å². The van der Waals surface area contributed by atoms with E-state index in [0.29, 0.717) is 34.0 Å². The second kappa shape index (κ2) is 10.4. The molecular formula is C24H21BrClNO3. The number of halogens is 2. The predicted octanol–water partition coefficient (Wildman–Crippen LogP) is 6.76. The minimum Gasteiger partial charge on any atom is -0.494 e. The van der Waals surface area contributed by atoms with Gasteiger partial charge in [0.25, 0.3) is 5.91 Å². The fourth-order valence-corrected chi connectivity index (χ4v) is 3.42. The number of ether oxygens (including phenoxy) is 1. The summed E-state index contributed by atoms with van der Waals surface area (Å²) < 4.78 is 6.36. The van der Waals surface area contributed by atoms with Crippen molar-refractivity contribution < 1.29 is 14.3 Å². The average molecular weight is 487 g/mol. The molecule has 0 spiro atoms. The number of rotatable bonds is 8. The van der Waals surface area contributed by atoms with E-state index >= 15 is 0 Å². The highest BCUT2D eigenvalue weighted by Gasteiger charge is 2.18. The summed E-state index contributed by atoms with van der Waals surface area (Å²) in [5.41, 5.74) is 1.61. The van der Waals surface area contributed by atoms with Crippen molar-refractivity contribution >= 4 is 44.9 Å². The largest absolute Gasteiger partial charge is 0.494 e. The van der Waals surface area contributed by atoms with Crippen LogP contribution in [0.2, 0.25) is 5.02 Å². The molecule has 30 heavy (non-hydrogen) atoms. The maximum Gasteiger partial charge on any atom is 0.255 e. The molecule has 1 amide bonds. The lowest BCUT2D eigenvalue weighted by molar-refractivity contribution is 0.102. The van der Waals surface area contributed by atoms with Crippen LogP contribution >= 0.6 is 27.5 Å². The third-order valence-electron chi connectivity index (χ3n) is 4.48. The monoisotopic (exact) mass is 485 g/mol. The number of amides is 1. The highest BCUT2D eigenvalue weighted by molar-refractivity contribution is 9.10. The molecule has 0 saturated carbocycles. The van der Waals surface area contributed by atoms with Crippen LogP contribution in [0.4, 0.5) is 5.69 Å². The normalized spacial score (nSPS) is 10.5. The van der Waals surface area contributed by atoms with E-state index in [1.54, 1.807) is 66.7 Å². The van der Waals surface area contributed by atoms with Gasteiger partial charge in [-0.1, -0.05) is 53.0 Å². The van der Waals surface area contributed by atoms with Crippen LogP contribution in [0.15, 0.2) is 71.2 Å². The summed E-state index contributed by atoms with van der Waals surface area (Å²) in [6.45, 7) is 2.75. The van der Waals surface area contributed by atoms with Crippen molar-refractivity contribution in [1.29, 1.82) is 0 Å². The molecule has 0 aliphatic rings. The lowest BCUT2D eigenvalue weighted by Gasteiger charge is -2.12. The number of hydrogen-bond donors (Lipinski definition) is 1. The molecule has 0 saturated heterocycles. The molecule has 0 radical (unpaired) electrons. The Morgan fingerprint density at radius 2 is 1.73 bits per heavy atom. The molecule has 3 aromatic rings. The van der Waals surface area contributed by atoms with Gasteiger partial charge in [0, 0.05) is 21.2 Å². The van der Waals surface area contributed by atoms with Gasteiger partial charge in [0.15, 0.2) is 5.78 Å². The summed E-state index contributed by atoms with van der Waals surface area (Å²) >= 11 is 9.58. The second-order valence-corrected chi connectivity index (χ2v) is 8.00. The first-order valence-corrected chi connectivity index (χ1v) is 10.8. The Hall–Kier alpha value is -2.63. The minimum atomic E-state index is -0.314. The Morgan fingerprint density at radius 3 is 2.43 bits per heavy atom. The highest BCUT2D eigenvalue weighted by atomic mass is 79.9. The lowest BCUT2D eigenvalue weighted by atomic mass is 10.0. The summed E-state index contributed by atoms with van der Waals surface area (Å²) in [7, 11) is 0. The van der Waals surface area contributed by atoms with Crippen molar-refractivity contribution in [3.63, 3.8) is 0 Å². The van der Waals surface area contributed by atoms with E-state index in [0.717, 1.165) is 23.1 Å². The van der Waals surface area contributed by atoms with Gasteiger partial charge in [-0.3, -0.25) is 9.59 Å². The van der Waals surface area contributed by atoms with Crippen molar-refractivity contribution in [3.8, 4) is 5.75 Å². The van der Waals surface area contributed by atoms with Crippen LogP contribution < -0.4 is 10.1 Å². The molecule has 0 atom stereocenters. The Labute approximate surface area is 189 Å². The summed E-state index contributed by atoms with van der Waals surface area (Å²) in [6.07, 6.45) is 2.04. The molecule has 0 aliphatic carbocycles. The molecule has 1 N–H and O–H groups in total. The van der Waals surface area contributed by atoms with Crippen molar-refractivity contribution in [2.45, 2.75) is 19.8 Å². The van der Waals surface area contributed by atoms with Gasteiger partial charge in [0.1, 0.15) is 5.75 Å². The van der Waals surface area contributed by atoms with Gasteiger partial charge < -0.3 is 10.1 Å². The number of ketones is 1. The Kier molecular flexibility index (Phi) is 7.66. The third-order valence-corrected chi connectivity index (χ3v) is 5.30. The molecule has 0 fully saturated rings. The number of nitrogens with one attached hydrogen (secondary N) is 1. The third kappa shape index (κ3) is 5.49. The van der Waals surface area contributed by atoms with Gasteiger partial charge in [-0.05, 0) is 61.0 Å². The SMILES string of the molecule is CCCCOc1ccc(C(=O)Nc2ccc(Br)cc2C(=O)c2ccccc2Cl)cc1. The fourth-order valence-electron chi connectivity index (χ4n) is 2.84. The van der Waals surface area contributed by atoms with Gasteiger partial charge >= 0.3 is 0 Å². The average Bonchev–Trinajstić information content (AvgIpc) is 2.75. The molecule has 3 aromatic carbocycles. The zero-order valence-electron chi connectivity index (χ0n) is 16.5. The van der Waals surface area contributed by atoms with Crippen LogP contribution in [0.5, 0.6) is 5.75 Å². The number of anilines is 1. The highest BCUT2D eigenvalue weighted by Crippen LogP contribution is 2.27. The van der Waals surface area contributed by atoms with Crippen molar-refractivity contribution in [2.24, 2.45) is 0 Å². The molecule has 3 rings (SSSR count). The van der Waals surface area contributed by atoms with Gasteiger partial charge in [-0.15, -0.1) is 0 Å². The van der Waals surface area contributed by atoms with Crippen LogP contribution in [0.1, 0.15) is 46.0 Å². The van der Waals surface area contributed by atoms with E-state index in [-0.39, 0.29) is 11.7 Å². The van der Waals surface area contributed by atoms with E-state index in [9.17, 15) is 9.59 Å². The molecule has 154 valence electrons. The molecule has 0 aliphatic heterocycles. The first-order valence-electron chi connectivity index (χ1n) is 9.62. The van der Waals surface area contributed by atoms with E-state index in [4.69, 9.17) is 16.3 Å². The Bertz CT molecular complexity index is 1050. The van der Waals surface area contributed by atoms with Gasteiger partial charge in [0.2, 0.25) is 0 Å². The zero-order chi connectivity index (χ0) is 21.5. The summed E-state index contributed by atoms with van der Waals surface area (Å²) in [6, 6.07) is 18.9. The Balaban J connectivity index is 1.81. The zero-order valence-corrected chi connectivity index (χ0v) is 18.8. The van der Waals surface area contributed by atoms with Gasteiger partial charge in [0.05, 0.1) is 17.3 Å². The maximum atomic E-state index is 13.1. The molecule has 0 bridgehead atoms. The molecule has 0 aromatic heterocycles. The van der Waals surface area contributed by atoms with Crippen LogP contribution in [0, 0.1) is 0 Å². The van der Waals surface area contributed by atoms with Crippen LogP contribution in [0.25, 0.3) is 0 Å². The van der Waals surface area contributed by atoms with Gasteiger partial charge in [-0.25, -0.2) is 0 Å². The molecular weight excluding hydrogens is 466 g/mol. The molecule has 6 heteroatoms. The van der Waals surface area contributed by atoms with Crippen molar-refractivity contribution in [3.05, 3.63) is 92.9 Å². The molecule has 0 heterocycles. The number of carbonyl (C=O) groups excluding carboxylic acids is 2. The number of benzene rings is 3. The first kappa shape index (κ1) is 22.1. The fraction of sp³-hybridized carbons (Fsp3) is 0.167. The summed E-state index contributed by atoms with van der Waals surface area (Å²) in [4.78, 5) is 25.8. The Morgan fingerprint density at radius 1 is 1.00 bits per heavy atom. The lowest BCUT2D eigenvalue weighted by Crippen LogP contribution is -2.15. The summed E-state index contributed by atoms with van der Waals surface area (Å²) in [5, 5.41) is 3.19. The standard InChI is InChI=1S/C24H21BrClNO3/c1-2-3-14-30-18-11-8-16(9-12-18)24(29)27-22-13-10-17(25)15-20(22)23(28)19-6-4-5-7-21(19)26/h4-13,15H,2-3,14H2,1H3,(H,27,29). The van der Waals surface area contributed by atoms with Crippen molar-refractivity contribution in [1.82, 2.24) is 0 Å². The molecule has 0 unspecified atom stereocenters. The smallest absolute Gasteiger partial charge is 0.255 e. The van der Waals surface area contributed by atoms with E-state index in [2.05, 4.69) is 28.2 Å². The van der Waals surface area contributed by atoms with Crippen molar-refractivity contribution in [2.75, 3.05) is 11.9 Å². The van der Waals surface area contributed by atoms with Crippen LogP contribution in [-0.4, -0.2) is 18.3 Å². The number of hydrogen-bond acceptors (Lipinski definition) is 3. The van der Waals surface area contributed by atoms with E-state index < -0.39 is 0 Å². The number of carbonyl (C=O) groups is 2. The summed E-state index contributed by atoms with van der Waals surface area (Å²) in [5.74, 6) is 0.140. The minimum absolute atomic E-state index is 0.267. The second-order valence-electron chi connectivity index (χ2n) is 6.68. The van der Waals surface area contributed by atoms with Crippen LogP contribution in [-0.2, 0) is 0 Å². The first-order chi connectivity index (χ1) is 14.5. The van der Waals surface area contributed by atoms with E-state index in [1.165, 1.54) is 0 Å². The topological polar surface area (TPSA) is 55.4 Å². The maximum absolute atomic E-state index is 13.1. The van der Waals surface area contributed by atoms with Gasteiger partial charge in [-0.2, -0.15) is 0 Å².